The first-order valence-corrected chi connectivity index (χ1v) is 8.08. The minimum absolute atomic E-state index is 0.229. The van der Waals surface area contributed by atoms with E-state index in [0.29, 0.717) is 6.61 Å². The third-order valence-electron chi connectivity index (χ3n) is 4.59. The van der Waals surface area contributed by atoms with E-state index < -0.39 is 0 Å². The quantitative estimate of drug-likeness (QED) is 0.391. The SMILES string of the molecule is CCCCCCCCON1C(=O)[C@H]2[C@H](C1=O)[C@H]1C=C[C@H]2O1. The molecule has 5 nitrogen and oxygen atoms in total. The molecule has 0 spiro atoms. The highest BCUT2D eigenvalue weighted by molar-refractivity contribution is 6.05. The van der Waals surface area contributed by atoms with E-state index >= 15 is 0 Å². The van der Waals surface area contributed by atoms with Crippen molar-refractivity contribution >= 4 is 11.8 Å². The number of carbonyl (C=O) groups is 2. The van der Waals surface area contributed by atoms with Crippen molar-refractivity contribution in [3.05, 3.63) is 12.2 Å². The lowest BCUT2D eigenvalue weighted by Crippen LogP contribution is -2.34. The lowest BCUT2D eigenvalue weighted by Gasteiger charge is -2.16. The zero-order valence-corrected chi connectivity index (χ0v) is 12.5. The Kier molecular flexibility index (Phi) is 4.40. The second kappa shape index (κ2) is 6.28. The standard InChI is InChI=1S/C16H23NO4/c1-2-3-4-5-6-7-10-20-17-15(18)13-11-8-9-12(21-11)14(13)16(17)19/h8-9,11-14H,2-7,10H2,1H3/t11-,12-,13-,14-/m1/s1. The molecule has 2 amide bonds. The monoisotopic (exact) mass is 293 g/mol. The first-order chi connectivity index (χ1) is 10.2. The Hall–Kier alpha value is -1.20. The Labute approximate surface area is 125 Å². The van der Waals surface area contributed by atoms with Crippen LogP contribution in [-0.4, -0.2) is 35.7 Å². The predicted molar refractivity (Wildman–Crippen MR) is 76.0 cm³/mol. The topological polar surface area (TPSA) is 55.8 Å². The summed E-state index contributed by atoms with van der Waals surface area (Å²) >= 11 is 0. The second-order valence-electron chi connectivity index (χ2n) is 6.07. The van der Waals surface area contributed by atoms with Gasteiger partial charge in [0, 0.05) is 0 Å². The number of imide groups is 1. The van der Waals surface area contributed by atoms with Gasteiger partial charge in [-0.05, 0) is 6.42 Å². The van der Waals surface area contributed by atoms with Crippen molar-refractivity contribution in [3.8, 4) is 0 Å². The molecule has 0 aromatic rings. The maximum atomic E-state index is 12.3. The molecule has 2 saturated heterocycles. The summed E-state index contributed by atoms with van der Waals surface area (Å²) in [5.74, 6) is -1.19. The van der Waals surface area contributed by atoms with Crippen LogP contribution in [0.15, 0.2) is 12.2 Å². The van der Waals surface area contributed by atoms with Gasteiger partial charge in [-0.2, -0.15) is 5.06 Å². The summed E-state index contributed by atoms with van der Waals surface area (Å²) in [7, 11) is 0. The highest BCUT2D eigenvalue weighted by atomic mass is 16.7. The molecule has 0 radical (unpaired) electrons. The molecule has 3 aliphatic rings. The van der Waals surface area contributed by atoms with Crippen molar-refractivity contribution in [2.75, 3.05) is 6.61 Å². The van der Waals surface area contributed by atoms with E-state index in [9.17, 15) is 9.59 Å². The van der Waals surface area contributed by atoms with Gasteiger partial charge in [0.1, 0.15) is 0 Å². The summed E-state index contributed by atoms with van der Waals surface area (Å²) in [5, 5.41) is 0.997. The molecule has 2 bridgehead atoms. The largest absolute Gasteiger partial charge is 0.365 e. The van der Waals surface area contributed by atoms with E-state index in [-0.39, 0.29) is 35.9 Å². The Morgan fingerprint density at radius 3 is 2.19 bits per heavy atom. The van der Waals surface area contributed by atoms with Gasteiger partial charge in [0.15, 0.2) is 0 Å². The van der Waals surface area contributed by atoms with Crippen molar-refractivity contribution in [2.45, 2.75) is 57.7 Å². The molecule has 0 unspecified atom stereocenters. The summed E-state index contributed by atoms with van der Waals surface area (Å²) in [5.41, 5.74) is 0. The molecule has 0 aromatic carbocycles. The number of nitrogens with zero attached hydrogens (tertiary/aromatic N) is 1. The number of rotatable bonds is 8. The number of hydrogen-bond acceptors (Lipinski definition) is 4. The average Bonchev–Trinajstić information content (AvgIpc) is 3.15. The zero-order valence-electron chi connectivity index (χ0n) is 12.5. The molecule has 2 fully saturated rings. The molecule has 0 saturated carbocycles. The van der Waals surface area contributed by atoms with Crippen molar-refractivity contribution in [1.82, 2.24) is 5.06 Å². The maximum absolute atomic E-state index is 12.3. The van der Waals surface area contributed by atoms with Gasteiger partial charge in [0.05, 0.1) is 30.7 Å². The van der Waals surface area contributed by atoms with Crippen LogP contribution in [0, 0.1) is 11.8 Å². The van der Waals surface area contributed by atoms with Gasteiger partial charge >= 0.3 is 0 Å². The summed E-state index contributed by atoms with van der Waals surface area (Å²) in [6.07, 6.45) is 10.2. The number of hydroxylamine groups is 2. The first kappa shape index (κ1) is 14.7. The Morgan fingerprint density at radius 2 is 1.57 bits per heavy atom. The Morgan fingerprint density at radius 1 is 1.00 bits per heavy atom. The van der Waals surface area contributed by atoms with Gasteiger partial charge in [-0.15, -0.1) is 0 Å². The molecule has 0 aliphatic carbocycles. The fraction of sp³-hybridized carbons (Fsp3) is 0.750. The summed E-state index contributed by atoms with van der Waals surface area (Å²) in [6.45, 7) is 2.63. The molecule has 0 N–H and O–H groups in total. The van der Waals surface area contributed by atoms with Gasteiger partial charge in [0.2, 0.25) is 0 Å². The van der Waals surface area contributed by atoms with Crippen LogP contribution in [0.1, 0.15) is 45.4 Å². The molecular formula is C16H23NO4. The molecule has 116 valence electrons. The van der Waals surface area contributed by atoms with Gasteiger partial charge < -0.3 is 4.74 Å². The van der Waals surface area contributed by atoms with Crippen LogP contribution in [0.5, 0.6) is 0 Å². The smallest absolute Gasteiger partial charge is 0.260 e. The Bertz CT molecular complexity index is 418. The van der Waals surface area contributed by atoms with E-state index in [1.165, 1.54) is 25.7 Å². The van der Waals surface area contributed by atoms with Gasteiger partial charge in [-0.1, -0.05) is 51.2 Å². The number of fused-ring (bicyclic) bond motifs is 5. The van der Waals surface area contributed by atoms with Crippen LogP contribution in [-0.2, 0) is 19.2 Å². The van der Waals surface area contributed by atoms with Crippen molar-refractivity contribution in [1.29, 1.82) is 0 Å². The molecular weight excluding hydrogens is 270 g/mol. The van der Waals surface area contributed by atoms with E-state index in [0.717, 1.165) is 17.9 Å². The lowest BCUT2D eigenvalue weighted by molar-refractivity contribution is -0.192. The van der Waals surface area contributed by atoms with Crippen molar-refractivity contribution in [2.24, 2.45) is 11.8 Å². The van der Waals surface area contributed by atoms with E-state index in [1.54, 1.807) is 0 Å². The van der Waals surface area contributed by atoms with Crippen LogP contribution in [0.4, 0.5) is 0 Å². The summed E-state index contributed by atoms with van der Waals surface area (Å²) in [6, 6.07) is 0. The number of ether oxygens (including phenoxy) is 1. The minimum atomic E-state index is -0.364. The average molecular weight is 293 g/mol. The molecule has 21 heavy (non-hydrogen) atoms. The molecule has 3 rings (SSSR count). The van der Waals surface area contributed by atoms with Crippen molar-refractivity contribution in [3.63, 3.8) is 0 Å². The summed E-state index contributed by atoms with van der Waals surface area (Å²) in [4.78, 5) is 30.0. The number of unbranched alkanes of at least 4 members (excludes halogenated alkanes) is 5. The second-order valence-corrected chi connectivity index (χ2v) is 6.07. The van der Waals surface area contributed by atoms with Gasteiger partial charge in [-0.25, -0.2) is 0 Å². The predicted octanol–water partition coefficient (Wildman–Crippen LogP) is 2.22. The fourth-order valence-electron chi connectivity index (χ4n) is 3.44. The molecule has 3 aliphatic heterocycles. The highest BCUT2D eigenvalue weighted by Gasteiger charge is 2.61. The maximum Gasteiger partial charge on any atom is 0.260 e. The fourth-order valence-corrected chi connectivity index (χ4v) is 3.44. The van der Waals surface area contributed by atoms with Crippen LogP contribution < -0.4 is 0 Å². The number of hydrogen-bond donors (Lipinski definition) is 0. The zero-order chi connectivity index (χ0) is 14.8. The van der Waals surface area contributed by atoms with Crippen LogP contribution in [0.2, 0.25) is 0 Å². The minimum Gasteiger partial charge on any atom is -0.365 e. The highest BCUT2D eigenvalue weighted by Crippen LogP contribution is 2.45. The van der Waals surface area contributed by atoms with Crippen LogP contribution >= 0.6 is 0 Å². The van der Waals surface area contributed by atoms with E-state index in [1.807, 2.05) is 12.2 Å². The Balaban J connectivity index is 1.43. The third kappa shape index (κ3) is 2.64. The molecule has 5 heteroatoms. The molecule has 4 atom stereocenters. The van der Waals surface area contributed by atoms with Gasteiger partial charge in [-0.3, -0.25) is 14.4 Å². The normalized spacial score (nSPS) is 33.3. The van der Waals surface area contributed by atoms with Crippen LogP contribution in [0.3, 0.4) is 0 Å². The van der Waals surface area contributed by atoms with Crippen LogP contribution in [0.25, 0.3) is 0 Å². The van der Waals surface area contributed by atoms with E-state index in [4.69, 9.17) is 9.57 Å². The number of amides is 2. The molecule has 3 heterocycles. The number of carbonyl (C=O) groups excluding carboxylic acids is 2. The third-order valence-corrected chi connectivity index (χ3v) is 4.59. The summed E-state index contributed by atoms with van der Waals surface area (Å²) < 4.78 is 5.57. The van der Waals surface area contributed by atoms with E-state index in [2.05, 4.69) is 6.92 Å². The van der Waals surface area contributed by atoms with Crippen molar-refractivity contribution < 1.29 is 19.2 Å². The lowest BCUT2D eigenvalue weighted by atomic mass is 9.85. The van der Waals surface area contributed by atoms with Gasteiger partial charge in [0.25, 0.3) is 11.8 Å². The molecule has 0 aromatic heterocycles. The first-order valence-electron chi connectivity index (χ1n) is 8.08.